The molecule has 2 heterocycles. The van der Waals surface area contributed by atoms with E-state index in [9.17, 15) is 18.0 Å². The first-order valence-electron chi connectivity index (χ1n) is 7.06. The van der Waals surface area contributed by atoms with Crippen molar-refractivity contribution in [1.29, 1.82) is 0 Å². The van der Waals surface area contributed by atoms with E-state index in [2.05, 4.69) is 0 Å². The monoisotopic (exact) mass is 295 g/mol. The topological polar surface area (TPSA) is 38.8 Å². The number of nitrogens with zero attached hydrogens (tertiary/aromatic N) is 1. The highest BCUT2D eigenvalue weighted by molar-refractivity contribution is 5.81. The average molecular weight is 295 g/mol. The fourth-order valence-electron chi connectivity index (χ4n) is 2.57. The number of amides is 1. The second-order valence-electron chi connectivity index (χ2n) is 5.36. The Balaban J connectivity index is 1.67. The Morgan fingerprint density at radius 2 is 1.90 bits per heavy atom. The van der Waals surface area contributed by atoms with Crippen LogP contribution >= 0.6 is 0 Å². The molecule has 4 nitrogen and oxygen atoms in total. The van der Waals surface area contributed by atoms with Gasteiger partial charge >= 0.3 is 12.1 Å². The van der Waals surface area contributed by atoms with Crippen LogP contribution in [0.1, 0.15) is 32.1 Å². The Morgan fingerprint density at radius 3 is 2.45 bits per heavy atom. The third kappa shape index (κ3) is 4.34. The van der Waals surface area contributed by atoms with Gasteiger partial charge in [0.2, 0.25) is 0 Å². The number of alkyl halides is 3. The molecule has 0 saturated carbocycles. The Bertz CT molecular complexity index is 321. The van der Waals surface area contributed by atoms with Crippen molar-refractivity contribution in [3.63, 3.8) is 0 Å². The maximum Gasteiger partial charge on any atom is 0.471 e. The van der Waals surface area contributed by atoms with Crippen molar-refractivity contribution in [2.24, 2.45) is 5.92 Å². The van der Waals surface area contributed by atoms with Crippen molar-refractivity contribution in [3.8, 4) is 0 Å². The molecule has 2 aliphatic rings. The Labute approximate surface area is 116 Å². The van der Waals surface area contributed by atoms with Crippen LogP contribution in [0.5, 0.6) is 0 Å². The standard InChI is InChI=1S/C13H20F3NO3/c14-13(15,16)12(18)17-6-4-10(5-7-17)9-20-11-3-1-2-8-19-11/h10-11H,1-9H2. The molecule has 0 aromatic heterocycles. The Hall–Kier alpha value is -0.820. The van der Waals surface area contributed by atoms with Crippen LogP contribution in [-0.2, 0) is 14.3 Å². The number of rotatable bonds is 3. The SMILES string of the molecule is O=C(N1CCC(COC2CCCCO2)CC1)C(F)(F)F. The summed E-state index contributed by atoms with van der Waals surface area (Å²) in [5.41, 5.74) is 0. The van der Waals surface area contributed by atoms with Crippen molar-refractivity contribution in [2.75, 3.05) is 26.3 Å². The van der Waals surface area contributed by atoms with E-state index < -0.39 is 12.1 Å². The Morgan fingerprint density at radius 1 is 1.20 bits per heavy atom. The van der Waals surface area contributed by atoms with E-state index in [0.717, 1.165) is 24.2 Å². The predicted molar refractivity (Wildman–Crippen MR) is 64.9 cm³/mol. The molecule has 0 spiro atoms. The van der Waals surface area contributed by atoms with Crippen molar-refractivity contribution < 1.29 is 27.4 Å². The van der Waals surface area contributed by atoms with Crippen molar-refractivity contribution in [2.45, 2.75) is 44.6 Å². The highest BCUT2D eigenvalue weighted by atomic mass is 19.4. The highest BCUT2D eigenvalue weighted by Gasteiger charge is 2.43. The van der Waals surface area contributed by atoms with Crippen LogP contribution in [0.25, 0.3) is 0 Å². The maximum absolute atomic E-state index is 12.3. The second-order valence-corrected chi connectivity index (χ2v) is 5.36. The fraction of sp³-hybridized carbons (Fsp3) is 0.923. The van der Waals surface area contributed by atoms with Gasteiger partial charge in [-0.1, -0.05) is 0 Å². The van der Waals surface area contributed by atoms with Gasteiger partial charge in [0, 0.05) is 19.7 Å². The summed E-state index contributed by atoms with van der Waals surface area (Å²) in [6.45, 7) is 1.51. The van der Waals surface area contributed by atoms with E-state index in [0.29, 0.717) is 26.1 Å². The lowest BCUT2D eigenvalue weighted by atomic mass is 9.97. The predicted octanol–water partition coefficient (Wildman–Crippen LogP) is 2.33. The number of halogens is 3. The van der Waals surface area contributed by atoms with Gasteiger partial charge in [0.15, 0.2) is 6.29 Å². The quantitative estimate of drug-likeness (QED) is 0.802. The Kier molecular flexibility index (Phi) is 5.26. The minimum absolute atomic E-state index is 0.151. The van der Waals surface area contributed by atoms with Crippen molar-refractivity contribution >= 4 is 5.91 Å². The van der Waals surface area contributed by atoms with E-state index in [4.69, 9.17) is 9.47 Å². The van der Waals surface area contributed by atoms with Crippen molar-refractivity contribution in [3.05, 3.63) is 0 Å². The van der Waals surface area contributed by atoms with Crippen molar-refractivity contribution in [1.82, 2.24) is 4.90 Å². The minimum Gasteiger partial charge on any atom is -0.353 e. The number of likely N-dealkylation sites (tertiary alicyclic amines) is 1. The van der Waals surface area contributed by atoms with Crippen LogP contribution in [0.2, 0.25) is 0 Å². The van der Waals surface area contributed by atoms with Crippen LogP contribution in [0, 0.1) is 5.92 Å². The van der Waals surface area contributed by atoms with Gasteiger partial charge in [0.1, 0.15) is 0 Å². The lowest BCUT2D eigenvalue weighted by Crippen LogP contribution is -2.46. The van der Waals surface area contributed by atoms with Gasteiger partial charge in [-0.15, -0.1) is 0 Å². The van der Waals surface area contributed by atoms with Gasteiger partial charge in [-0.25, -0.2) is 0 Å². The van der Waals surface area contributed by atoms with Gasteiger partial charge < -0.3 is 14.4 Å². The molecule has 2 fully saturated rings. The summed E-state index contributed by atoms with van der Waals surface area (Å²) >= 11 is 0. The first kappa shape index (κ1) is 15.6. The zero-order chi connectivity index (χ0) is 14.6. The van der Waals surface area contributed by atoms with Gasteiger partial charge in [-0.05, 0) is 38.0 Å². The largest absolute Gasteiger partial charge is 0.471 e. The number of carbonyl (C=O) groups excluding carboxylic acids is 1. The molecule has 2 rings (SSSR count). The van der Waals surface area contributed by atoms with Crippen LogP contribution in [0.4, 0.5) is 13.2 Å². The summed E-state index contributed by atoms with van der Waals surface area (Å²) in [6, 6.07) is 0. The average Bonchev–Trinajstić information content (AvgIpc) is 2.45. The lowest BCUT2D eigenvalue weighted by Gasteiger charge is -2.33. The molecule has 0 aromatic carbocycles. The molecule has 116 valence electrons. The molecule has 0 aromatic rings. The zero-order valence-electron chi connectivity index (χ0n) is 11.3. The third-order valence-corrected chi connectivity index (χ3v) is 3.80. The summed E-state index contributed by atoms with van der Waals surface area (Å²) in [5, 5.41) is 0. The lowest BCUT2D eigenvalue weighted by molar-refractivity contribution is -0.188. The van der Waals surface area contributed by atoms with Crippen LogP contribution in [0.15, 0.2) is 0 Å². The second kappa shape index (κ2) is 6.76. The van der Waals surface area contributed by atoms with E-state index in [1.54, 1.807) is 0 Å². The van der Waals surface area contributed by atoms with Crippen LogP contribution < -0.4 is 0 Å². The third-order valence-electron chi connectivity index (χ3n) is 3.80. The first-order valence-corrected chi connectivity index (χ1v) is 7.06. The van der Waals surface area contributed by atoms with Crippen LogP contribution in [-0.4, -0.2) is 49.6 Å². The van der Waals surface area contributed by atoms with E-state index in [1.807, 2.05) is 0 Å². The van der Waals surface area contributed by atoms with E-state index in [1.165, 1.54) is 0 Å². The molecule has 2 saturated heterocycles. The molecule has 1 atom stereocenters. The molecule has 1 amide bonds. The van der Waals surface area contributed by atoms with Crippen LogP contribution in [0.3, 0.4) is 0 Å². The van der Waals surface area contributed by atoms with Gasteiger partial charge in [-0.2, -0.15) is 13.2 Å². The van der Waals surface area contributed by atoms with Gasteiger partial charge in [0.05, 0.1) is 6.61 Å². The molecule has 7 heteroatoms. The minimum atomic E-state index is -4.76. The smallest absolute Gasteiger partial charge is 0.353 e. The number of ether oxygens (including phenoxy) is 2. The normalized spacial score (nSPS) is 25.8. The summed E-state index contributed by atoms with van der Waals surface area (Å²) in [5.74, 6) is -1.52. The zero-order valence-corrected chi connectivity index (χ0v) is 11.3. The molecule has 0 aliphatic carbocycles. The number of hydrogen-bond acceptors (Lipinski definition) is 3. The molecular formula is C13H20F3NO3. The number of piperidine rings is 1. The number of hydrogen-bond donors (Lipinski definition) is 0. The summed E-state index contributed by atoms with van der Waals surface area (Å²) in [7, 11) is 0. The van der Waals surface area contributed by atoms with E-state index in [-0.39, 0.29) is 25.3 Å². The highest BCUT2D eigenvalue weighted by Crippen LogP contribution is 2.25. The number of carbonyl (C=O) groups is 1. The molecule has 0 radical (unpaired) electrons. The molecule has 20 heavy (non-hydrogen) atoms. The summed E-state index contributed by atoms with van der Waals surface area (Å²) < 4.78 is 47.9. The van der Waals surface area contributed by atoms with E-state index >= 15 is 0 Å². The molecule has 2 aliphatic heterocycles. The summed E-state index contributed by atoms with van der Waals surface area (Å²) in [4.78, 5) is 12.0. The molecule has 0 bridgehead atoms. The van der Waals surface area contributed by atoms with Gasteiger partial charge in [0.25, 0.3) is 0 Å². The molecular weight excluding hydrogens is 275 g/mol. The first-order chi connectivity index (χ1) is 9.47. The fourth-order valence-corrected chi connectivity index (χ4v) is 2.57. The maximum atomic E-state index is 12.3. The molecule has 1 unspecified atom stereocenters. The van der Waals surface area contributed by atoms with Gasteiger partial charge in [-0.3, -0.25) is 4.79 Å². The molecule has 0 N–H and O–H groups in total. The summed E-state index contributed by atoms with van der Waals surface area (Å²) in [6.07, 6.45) is -0.812.